The van der Waals surface area contributed by atoms with E-state index in [2.05, 4.69) is 20.6 Å². The summed E-state index contributed by atoms with van der Waals surface area (Å²) in [5, 5.41) is 6.05. The second kappa shape index (κ2) is 11.0. The predicted octanol–water partition coefficient (Wildman–Crippen LogP) is 4.12. The van der Waals surface area contributed by atoms with Crippen molar-refractivity contribution in [2.24, 2.45) is 4.99 Å². The Kier molecular flexibility index (Phi) is 7.86. The fourth-order valence-corrected chi connectivity index (χ4v) is 3.11. The molecule has 2 N–H and O–H groups in total. The van der Waals surface area contributed by atoms with Gasteiger partial charge >= 0.3 is 0 Å². The average Bonchev–Trinajstić information content (AvgIpc) is 2.84. The molecule has 3 rings (SSSR count). The Labute approximate surface area is 193 Å². The van der Waals surface area contributed by atoms with Crippen LogP contribution in [0.3, 0.4) is 0 Å². The number of amides is 1. The van der Waals surface area contributed by atoms with Crippen LogP contribution < -0.4 is 24.8 Å². The first kappa shape index (κ1) is 23.6. The second-order valence-electron chi connectivity index (χ2n) is 7.28. The van der Waals surface area contributed by atoms with Crippen LogP contribution in [0.1, 0.15) is 27.2 Å². The van der Waals surface area contributed by atoms with Gasteiger partial charge in [0.2, 0.25) is 11.7 Å². The van der Waals surface area contributed by atoms with E-state index in [0.717, 1.165) is 16.9 Å². The number of carbonyl (C=O) groups excluding carboxylic acids is 1. The van der Waals surface area contributed by atoms with Gasteiger partial charge in [0.15, 0.2) is 11.5 Å². The van der Waals surface area contributed by atoms with Crippen LogP contribution in [-0.4, -0.2) is 38.2 Å². The van der Waals surface area contributed by atoms with Crippen molar-refractivity contribution in [1.82, 2.24) is 10.3 Å². The number of anilines is 1. The van der Waals surface area contributed by atoms with Crippen molar-refractivity contribution in [1.29, 1.82) is 0 Å². The van der Waals surface area contributed by atoms with Crippen LogP contribution in [-0.2, 0) is 6.54 Å². The monoisotopic (exact) mass is 448 g/mol. The molecule has 0 saturated carbocycles. The Morgan fingerprint density at radius 1 is 0.939 bits per heavy atom. The number of hydrogen-bond donors (Lipinski definition) is 2. The van der Waals surface area contributed by atoms with Gasteiger partial charge in [-0.1, -0.05) is 12.1 Å². The van der Waals surface area contributed by atoms with Crippen molar-refractivity contribution in [2.45, 2.75) is 20.4 Å². The number of carbonyl (C=O) groups is 1. The number of hydrogen-bond acceptors (Lipinski definition) is 6. The van der Waals surface area contributed by atoms with Crippen LogP contribution in [0.2, 0.25) is 0 Å². The van der Waals surface area contributed by atoms with Gasteiger partial charge in [0, 0.05) is 17.4 Å². The SMILES string of the molecule is COc1cc(C(=O)NC(=NCc2ccccn2)Nc2ccc(C)c(C)c2)cc(OC)c1OC. The molecule has 0 spiro atoms. The lowest BCUT2D eigenvalue weighted by Gasteiger charge is -2.16. The maximum atomic E-state index is 13.1. The van der Waals surface area contributed by atoms with Gasteiger partial charge in [0.1, 0.15) is 0 Å². The van der Waals surface area contributed by atoms with E-state index in [1.807, 2.05) is 50.2 Å². The number of rotatable bonds is 7. The zero-order chi connectivity index (χ0) is 23.8. The number of nitrogens with one attached hydrogen (secondary N) is 2. The van der Waals surface area contributed by atoms with E-state index in [-0.39, 0.29) is 5.91 Å². The average molecular weight is 449 g/mol. The summed E-state index contributed by atoms with van der Waals surface area (Å²) in [5.74, 6) is 1.09. The summed E-state index contributed by atoms with van der Waals surface area (Å²) in [6.07, 6.45) is 1.70. The van der Waals surface area contributed by atoms with Gasteiger partial charge < -0.3 is 19.5 Å². The zero-order valence-electron chi connectivity index (χ0n) is 19.4. The van der Waals surface area contributed by atoms with Gasteiger partial charge in [-0.25, -0.2) is 4.99 Å². The van der Waals surface area contributed by atoms with Crippen molar-refractivity contribution < 1.29 is 19.0 Å². The Bertz CT molecular complexity index is 1120. The Morgan fingerprint density at radius 3 is 2.24 bits per heavy atom. The third kappa shape index (κ3) is 6.00. The number of methoxy groups -OCH3 is 3. The molecule has 0 bridgehead atoms. The number of benzene rings is 2. The van der Waals surface area contributed by atoms with Gasteiger partial charge in [-0.05, 0) is 61.4 Å². The fraction of sp³-hybridized carbons (Fsp3) is 0.240. The molecule has 2 aromatic carbocycles. The first-order chi connectivity index (χ1) is 15.9. The molecule has 8 heteroatoms. The van der Waals surface area contributed by atoms with E-state index >= 15 is 0 Å². The molecule has 0 saturated heterocycles. The Hall–Kier alpha value is -4.07. The van der Waals surface area contributed by atoms with Crippen LogP contribution in [0, 0.1) is 13.8 Å². The number of aromatic nitrogens is 1. The third-order valence-electron chi connectivity index (χ3n) is 5.05. The standard InChI is InChI=1S/C25H28N4O4/c1-16-9-10-19(12-17(16)2)28-25(27-15-20-8-6-7-11-26-20)29-24(30)18-13-21(31-3)23(33-5)22(14-18)32-4/h6-14H,15H2,1-5H3,(H2,27,28,29,30). The zero-order valence-corrected chi connectivity index (χ0v) is 19.4. The molecule has 0 radical (unpaired) electrons. The molecule has 172 valence electrons. The number of ether oxygens (including phenoxy) is 3. The number of pyridine rings is 1. The molecule has 0 aliphatic heterocycles. The van der Waals surface area contributed by atoms with Crippen LogP contribution in [0.15, 0.2) is 59.7 Å². The number of nitrogens with zero attached hydrogens (tertiary/aromatic N) is 2. The molecule has 1 aromatic heterocycles. The van der Waals surface area contributed by atoms with Crippen molar-refractivity contribution in [3.8, 4) is 17.2 Å². The van der Waals surface area contributed by atoms with Gasteiger partial charge in [-0.2, -0.15) is 0 Å². The van der Waals surface area contributed by atoms with Crippen molar-refractivity contribution in [3.05, 3.63) is 77.1 Å². The lowest BCUT2D eigenvalue weighted by atomic mass is 10.1. The second-order valence-corrected chi connectivity index (χ2v) is 7.28. The fourth-order valence-electron chi connectivity index (χ4n) is 3.11. The first-order valence-corrected chi connectivity index (χ1v) is 10.3. The topological polar surface area (TPSA) is 94.1 Å². The summed E-state index contributed by atoms with van der Waals surface area (Å²) in [7, 11) is 4.51. The summed E-state index contributed by atoms with van der Waals surface area (Å²) in [5.41, 5.74) is 4.22. The molecule has 0 unspecified atom stereocenters. The molecular formula is C25H28N4O4. The van der Waals surface area contributed by atoms with Crippen LogP contribution in [0.25, 0.3) is 0 Å². The number of guanidine groups is 1. The van der Waals surface area contributed by atoms with Gasteiger partial charge in [-0.3, -0.25) is 15.1 Å². The maximum Gasteiger partial charge on any atom is 0.258 e. The van der Waals surface area contributed by atoms with Gasteiger partial charge in [0.25, 0.3) is 5.91 Å². The van der Waals surface area contributed by atoms with E-state index in [1.165, 1.54) is 26.9 Å². The maximum absolute atomic E-state index is 13.1. The van der Waals surface area contributed by atoms with Gasteiger partial charge in [-0.15, -0.1) is 0 Å². The molecule has 8 nitrogen and oxygen atoms in total. The minimum Gasteiger partial charge on any atom is -0.493 e. The highest BCUT2D eigenvalue weighted by atomic mass is 16.5. The molecule has 0 aliphatic carbocycles. The van der Waals surface area contributed by atoms with Crippen molar-refractivity contribution >= 4 is 17.6 Å². The quantitative estimate of drug-likeness (QED) is 0.417. The molecule has 1 heterocycles. The van der Waals surface area contributed by atoms with Gasteiger partial charge in [0.05, 0.1) is 33.6 Å². The summed E-state index contributed by atoms with van der Waals surface area (Å²) in [6.45, 7) is 4.37. The summed E-state index contributed by atoms with van der Waals surface area (Å²) in [4.78, 5) is 22.0. The van der Waals surface area contributed by atoms with Crippen LogP contribution in [0.5, 0.6) is 17.2 Å². The minimum atomic E-state index is -0.384. The molecule has 0 fully saturated rings. The largest absolute Gasteiger partial charge is 0.493 e. The highest BCUT2D eigenvalue weighted by Crippen LogP contribution is 2.38. The van der Waals surface area contributed by atoms with Crippen molar-refractivity contribution in [3.63, 3.8) is 0 Å². The molecule has 3 aromatic rings. The molecule has 1 amide bonds. The molecule has 33 heavy (non-hydrogen) atoms. The van der Waals surface area contributed by atoms with Crippen molar-refractivity contribution in [2.75, 3.05) is 26.6 Å². The molecular weight excluding hydrogens is 420 g/mol. The van der Waals surface area contributed by atoms with Crippen LogP contribution in [0.4, 0.5) is 5.69 Å². The van der Waals surface area contributed by atoms with E-state index in [4.69, 9.17) is 14.2 Å². The smallest absolute Gasteiger partial charge is 0.258 e. The Morgan fingerprint density at radius 2 is 1.67 bits per heavy atom. The molecule has 0 aliphatic rings. The Balaban J connectivity index is 1.90. The van der Waals surface area contributed by atoms with E-state index in [9.17, 15) is 4.79 Å². The van der Waals surface area contributed by atoms with Crippen LogP contribution >= 0.6 is 0 Å². The predicted molar refractivity (Wildman–Crippen MR) is 128 cm³/mol. The number of aryl methyl sites for hydroxylation is 2. The third-order valence-corrected chi connectivity index (χ3v) is 5.05. The summed E-state index contributed by atoms with van der Waals surface area (Å²) < 4.78 is 16.1. The summed E-state index contributed by atoms with van der Waals surface area (Å²) in [6, 6.07) is 14.7. The van der Waals surface area contributed by atoms with E-state index in [0.29, 0.717) is 35.3 Å². The minimum absolute atomic E-state index is 0.294. The highest BCUT2D eigenvalue weighted by Gasteiger charge is 2.18. The highest BCUT2D eigenvalue weighted by molar-refractivity contribution is 6.10. The van der Waals surface area contributed by atoms with E-state index < -0.39 is 0 Å². The lowest BCUT2D eigenvalue weighted by Crippen LogP contribution is -2.36. The summed E-state index contributed by atoms with van der Waals surface area (Å²) >= 11 is 0. The lowest BCUT2D eigenvalue weighted by molar-refractivity contribution is 0.0976. The number of aliphatic imine (C=N–C) groups is 1. The molecule has 0 atom stereocenters. The first-order valence-electron chi connectivity index (χ1n) is 10.3. The van der Waals surface area contributed by atoms with E-state index in [1.54, 1.807) is 18.3 Å². The normalized spacial score (nSPS) is 11.0.